The van der Waals surface area contributed by atoms with E-state index in [0.29, 0.717) is 12.1 Å². The Kier molecular flexibility index (Phi) is 7.31. The Bertz CT molecular complexity index is 771. The zero-order chi connectivity index (χ0) is 19.8. The zero-order valence-corrected chi connectivity index (χ0v) is 16.1. The number of Topliss-reactive ketones (excluding diaryl/α,β-unsaturated/α-hetero) is 1. The molecule has 0 spiro atoms. The summed E-state index contributed by atoms with van der Waals surface area (Å²) < 4.78 is 12.9. The molecule has 0 radical (unpaired) electrons. The van der Waals surface area contributed by atoms with Gasteiger partial charge in [-0.2, -0.15) is 0 Å². The van der Waals surface area contributed by atoms with Crippen LogP contribution in [0, 0.1) is 5.82 Å². The van der Waals surface area contributed by atoms with Crippen molar-refractivity contribution in [3.8, 4) is 0 Å². The largest absolute Gasteiger partial charge is 0.355 e. The van der Waals surface area contributed by atoms with Crippen molar-refractivity contribution in [2.75, 3.05) is 19.6 Å². The average Bonchev–Trinajstić information content (AvgIpc) is 3.25. The first-order valence-corrected chi connectivity index (χ1v) is 9.95. The maximum atomic E-state index is 12.9. The molecule has 0 bridgehead atoms. The Balaban J connectivity index is 1.48. The summed E-state index contributed by atoms with van der Waals surface area (Å²) in [6.07, 6.45) is 3.57. The van der Waals surface area contributed by atoms with E-state index in [4.69, 9.17) is 0 Å². The molecule has 0 saturated carbocycles. The molecule has 2 aromatic rings. The number of halogens is 1. The van der Waals surface area contributed by atoms with Crippen molar-refractivity contribution in [3.63, 3.8) is 0 Å². The van der Waals surface area contributed by atoms with E-state index in [0.717, 1.165) is 19.5 Å². The van der Waals surface area contributed by atoms with Crippen molar-refractivity contribution in [1.29, 1.82) is 0 Å². The second kappa shape index (κ2) is 10.1. The van der Waals surface area contributed by atoms with Crippen molar-refractivity contribution in [2.24, 2.45) is 0 Å². The molecule has 1 unspecified atom stereocenters. The van der Waals surface area contributed by atoms with Crippen LogP contribution in [0.4, 0.5) is 4.39 Å². The number of rotatable bonds is 9. The van der Waals surface area contributed by atoms with E-state index in [1.54, 1.807) is 0 Å². The number of nitrogens with zero attached hydrogens (tertiary/aromatic N) is 1. The maximum absolute atomic E-state index is 12.9. The van der Waals surface area contributed by atoms with Crippen LogP contribution in [0.2, 0.25) is 0 Å². The molecule has 2 aromatic carbocycles. The van der Waals surface area contributed by atoms with Gasteiger partial charge in [-0.15, -0.1) is 0 Å². The van der Waals surface area contributed by atoms with E-state index in [9.17, 15) is 14.0 Å². The van der Waals surface area contributed by atoms with Gasteiger partial charge in [0.25, 0.3) is 0 Å². The van der Waals surface area contributed by atoms with E-state index in [1.807, 2.05) is 18.2 Å². The third-order valence-corrected chi connectivity index (χ3v) is 5.25. The SMILES string of the molecule is O=C(CCC(=O)c1ccc(F)cc1)NCC(Cc1ccccc1)N1CCCC1. The summed E-state index contributed by atoms with van der Waals surface area (Å²) in [5, 5.41) is 3.00. The summed E-state index contributed by atoms with van der Waals surface area (Å²) in [4.78, 5) is 26.8. The standard InChI is InChI=1S/C23H27FN2O2/c24-20-10-8-19(9-11-20)22(27)12-13-23(28)25-17-21(26-14-4-5-15-26)16-18-6-2-1-3-7-18/h1-3,6-11,21H,4-5,12-17H2,(H,25,28). The van der Waals surface area contributed by atoms with Gasteiger partial charge in [-0.1, -0.05) is 30.3 Å². The van der Waals surface area contributed by atoms with Gasteiger partial charge in [-0.3, -0.25) is 14.5 Å². The van der Waals surface area contributed by atoms with Crippen LogP contribution in [0.15, 0.2) is 54.6 Å². The Hall–Kier alpha value is -2.53. The molecule has 1 N–H and O–H groups in total. The fourth-order valence-electron chi connectivity index (χ4n) is 3.65. The highest BCUT2D eigenvalue weighted by Crippen LogP contribution is 2.15. The second-order valence-corrected chi connectivity index (χ2v) is 7.32. The van der Waals surface area contributed by atoms with Crippen LogP contribution >= 0.6 is 0 Å². The summed E-state index contributed by atoms with van der Waals surface area (Å²) >= 11 is 0. The molecule has 4 nitrogen and oxygen atoms in total. The summed E-state index contributed by atoms with van der Waals surface area (Å²) in [6, 6.07) is 16.0. The van der Waals surface area contributed by atoms with Crippen LogP contribution in [0.3, 0.4) is 0 Å². The highest BCUT2D eigenvalue weighted by molar-refractivity contribution is 5.97. The zero-order valence-electron chi connectivity index (χ0n) is 16.1. The van der Waals surface area contributed by atoms with E-state index >= 15 is 0 Å². The monoisotopic (exact) mass is 382 g/mol. The molecule has 1 fully saturated rings. The number of likely N-dealkylation sites (tertiary alicyclic amines) is 1. The van der Waals surface area contributed by atoms with Crippen molar-refractivity contribution in [1.82, 2.24) is 10.2 Å². The van der Waals surface area contributed by atoms with E-state index in [2.05, 4.69) is 22.3 Å². The van der Waals surface area contributed by atoms with Crippen molar-refractivity contribution >= 4 is 11.7 Å². The molecule has 1 saturated heterocycles. The molecular weight excluding hydrogens is 355 g/mol. The quantitative estimate of drug-likeness (QED) is 0.674. The van der Waals surface area contributed by atoms with Gasteiger partial charge in [0.05, 0.1) is 0 Å². The van der Waals surface area contributed by atoms with Crippen LogP contribution in [0.25, 0.3) is 0 Å². The molecule has 1 aliphatic rings. The van der Waals surface area contributed by atoms with Gasteiger partial charge in [0, 0.05) is 31.0 Å². The molecule has 0 aromatic heterocycles. The first-order chi connectivity index (χ1) is 13.6. The van der Waals surface area contributed by atoms with E-state index < -0.39 is 0 Å². The molecule has 148 valence electrons. The number of amides is 1. The summed E-state index contributed by atoms with van der Waals surface area (Å²) in [5.74, 6) is -0.635. The van der Waals surface area contributed by atoms with Crippen LogP contribution in [-0.2, 0) is 11.2 Å². The lowest BCUT2D eigenvalue weighted by Crippen LogP contribution is -2.44. The first-order valence-electron chi connectivity index (χ1n) is 9.95. The van der Waals surface area contributed by atoms with Crippen molar-refractivity contribution in [2.45, 2.75) is 38.1 Å². The predicted molar refractivity (Wildman–Crippen MR) is 108 cm³/mol. The number of hydrogen-bond donors (Lipinski definition) is 1. The number of carbonyl (C=O) groups excluding carboxylic acids is 2. The van der Waals surface area contributed by atoms with Crippen molar-refractivity contribution < 1.29 is 14.0 Å². The maximum Gasteiger partial charge on any atom is 0.220 e. The number of carbonyl (C=O) groups is 2. The predicted octanol–water partition coefficient (Wildman–Crippen LogP) is 3.61. The fourth-order valence-corrected chi connectivity index (χ4v) is 3.65. The van der Waals surface area contributed by atoms with Gasteiger partial charge in [-0.05, 0) is 62.2 Å². The minimum absolute atomic E-state index is 0.118. The van der Waals surface area contributed by atoms with Gasteiger partial charge in [0.15, 0.2) is 5.78 Å². The number of hydrogen-bond acceptors (Lipinski definition) is 3. The summed E-state index contributed by atoms with van der Waals surface area (Å²) in [7, 11) is 0. The molecule has 1 amide bonds. The second-order valence-electron chi connectivity index (χ2n) is 7.32. The molecule has 5 heteroatoms. The van der Waals surface area contributed by atoms with E-state index in [1.165, 1.54) is 42.7 Å². The Labute approximate surface area is 165 Å². The number of benzene rings is 2. The molecule has 1 heterocycles. The van der Waals surface area contributed by atoms with Crippen molar-refractivity contribution in [3.05, 3.63) is 71.5 Å². The molecule has 0 aliphatic carbocycles. The minimum Gasteiger partial charge on any atom is -0.355 e. The topological polar surface area (TPSA) is 49.4 Å². The highest BCUT2D eigenvalue weighted by atomic mass is 19.1. The Morgan fingerprint density at radius 1 is 0.964 bits per heavy atom. The van der Waals surface area contributed by atoms with Gasteiger partial charge in [-0.25, -0.2) is 4.39 Å². The van der Waals surface area contributed by atoms with Gasteiger partial charge < -0.3 is 5.32 Å². The third-order valence-electron chi connectivity index (χ3n) is 5.25. The normalized spacial score (nSPS) is 15.3. The summed E-state index contributed by atoms with van der Waals surface area (Å²) in [6.45, 7) is 2.71. The fraction of sp³-hybridized carbons (Fsp3) is 0.391. The number of ketones is 1. The smallest absolute Gasteiger partial charge is 0.220 e. The lowest BCUT2D eigenvalue weighted by Gasteiger charge is -2.28. The number of nitrogens with one attached hydrogen (secondary N) is 1. The van der Waals surface area contributed by atoms with Crippen LogP contribution in [0.1, 0.15) is 41.6 Å². The van der Waals surface area contributed by atoms with Crippen LogP contribution in [-0.4, -0.2) is 42.3 Å². The highest BCUT2D eigenvalue weighted by Gasteiger charge is 2.22. The van der Waals surface area contributed by atoms with Crippen LogP contribution < -0.4 is 5.32 Å². The molecule has 1 atom stereocenters. The Morgan fingerprint density at radius 3 is 2.32 bits per heavy atom. The summed E-state index contributed by atoms with van der Waals surface area (Å²) in [5.41, 5.74) is 1.70. The van der Waals surface area contributed by atoms with Gasteiger partial charge in [0.2, 0.25) is 5.91 Å². The van der Waals surface area contributed by atoms with Gasteiger partial charge >= 0.3 is 0 Å². The van der Waals surface area contributed by atoms with Gasteiger partial charge in [0.1, 0.15) is 5.82 Å². The average molecular weight is 382 g/mol. The third kappa shape index (κ3) is 5.99. The Morgan fingerprint density at radius 2 is 1.64 bits per heavy atom. The minimum atomic E-state index is -0.374. The molecule has 28 heavy (non-hydrogen) atoms. The molecule has 1 aliphatic heterocycles. The van der Waals surface area contributed by atoms with E-state index in [-0.39, 0.29) is 36.4 Å². The first kappa shape index (κ1) is 20.2. The lowest BCUT2D eigenvalue weighted by molar-refractivity contribution is -0.121. The molecular formula is C23H27FN2O2. The molecule has 3 rings (SSSR count). The van der Waals surface area contributed by atoms with Crippen LogP contribution in [0.5, 0.6) is 0 Å². The lowest BCUT2D eigenvalue weighted by atomic mass is 10.0.